The van der Waals surface area contributed by atoms with Crippen LogP contribution in [-0.2, 0) is 4.74 Å². The molecular formula is C23H33F2N7O. The third-order valence-corrected chi connectivity index (χ3v) is 7.32. The van der Waals surface area contributed by atoms with Gasteiger partial charge in [-0.1, -0.05) is 0 Å². The molecule has 1 spiro atoms. The van der Waals surface area contributed by atoms with E-state index in [0.29, 0.717) is 12.4 Å². The van der Waals surface area contributed by atoms with Crippen molar-refractivity contribution in [3.63, 3.8) is 0 Å². The van der Waals surface area contributed by atoms with Crippen LogP contribution >= 0.6 is 0 Å². The predicted octanol–water partition coefficient (Wildman–Crippen LogP) is 3.14. The smallest absolute Gasteiger partial charge is 0.262 e. The summed E-state index contributed by atoms with van der Waals surface area (Å²) in [5.41, 5.74) is 0.380. The second-order valence-electron chi connectivity index (χ2n) is 10.1. The summed E-state index contributed by atoms with van der Waals surface area (Å²) in [4.78, 5) is 19.3. The van der Waals surface area contributed by atoms with Gasteiger partial charge in [0.2, 0.25) is 0 Å². The van der Waals surface area contributed by atoms with Gasteiger partial charge in [0.15, 0.2) is 5.82 Å². The maximum atomic E-state index is 14.5. The number of rotatable bonds is 5. The average molecular weight is 462 g/mol. The summed E-state index contributed by atoms with van der Waals surface area (Å²) < 4.78 is 37.4. The third kappa shape index (κ3) is 4.48. The lowest BCUT2D eigenvalue weighted by atomic mass is 9.84. The molecule has 33 heavy (non-hydrogen) atoms. The van der Waals surface area contributed by atoms with Crippen LogP contribution in [0.2, 0.25) is 0 Å². The molecule has 3 fully saturated rings. The second kappa shape index (κ2) is 8.56. The minimum Gasteiger partial charge on any atom is -0.369 e. The van der Waals surface area contributed by atoms with E-state index < -0.39 is 11.5 Å². The SMILES string of the molecule is CN(C)C=Nc1ncnc2c1ccn2C1CCC(CN2CC(F)(F)CC23CCN(C)CC3)O1. The molecule has 0 radical (unpaired) electrons. The Morgan fingerprint density at radius 3 is 2.79 bits per heavy atom. The summed E-state index contributed by atoms with van der Waals surface area (Å²) in [5, 5.41) is 0.868. The zero-order valence-electron chi connectivity index (χ0n) is 19.6. The zero-order chi connectivity index (χ0) is 23.2. The van der Waals surface area contributed by atoms with E-state index in [1.54, 1.807) is 6.34 Å². The van der Waals surface area contributed by atoms with Gasteiger partial charge in [0.25, 0.3) is 5.92 Å². The largest absolute Gasteiger partial charge is 0.369 e. The van der Waals surface area contributed by atoms with E-state index in [0.717, 1.165) is 49.8 Å². The van der Waals surface area contributed by atoms with Crippen molar-refractivity contribution in [2.75, 3.05) is 47.3 Å². The van der Waals surface area contributed by atoms with Gasteiger partial charge in [-0.2, -0.15) is 0 Å². The van der Waals surface area contributed by atoms with Crippen LogP contribution in [-0.4, -0.2) is 100 Å². The fourth-order valence-electron chi connectivity index (χ4n) is 5.62. The standard InChI is InChI=1S/C23H33F2N7O/c1-29(2)16-28-20-18-6-9-32(21(18)27-15-26-20)19-5-4-17(33-19)12-31-14-23(24,25)13-22(31)7-10-30(3)11-8-22/h6,9,15-17,19H,4-5,7-8,10-14H2,1-3H3. The van der Waals surface area contributed by atoms with Gasteiger partial charge in [0.05, 0.1) is 24.4 Å². The molecule has 2 aromatic rings. The lowest BCUT2D eigenvalue weighted by Crippen LogP contribution is -2.53. The van der Waals surface area contributed by atoms with Crippen LogP contribution in [0.4, 0.5) is 14.6 Å². The highest BCUT2D eigenvalue weighted by Crippen LogP contribution is 2.46. The van der Waals surface area contributed by atoms with Crippen LogP contribution in [0.5, 0.6) is 0 Å². The molecule has 3 aliphatic heterocycles. The maximum Gasteiger partial charge on any atom is 0.262 e. The number of aliphatic imine (C=N–C) groups is 1. The van der Waals surface area contributed by atoms with E-state index in [-0.39, 0.29) is 25.3 Å². The van der Waals surface area contributed by atoms with Crippen molar-refractivity contribution in [3.8, 4) is 0 Å². The first kappa shape index (κ1) is 22.6. The zero-order valence-corrected chi connectivity index (χ0v) is 19.6. The minimum absolute atomic E-state index is 0.0284. The van der Waals surface area contributed by atoms with Gasteiger partial charge in [-0.05, 0) is 51.9 Å². The van der Waals surface area contributed by atoms with E-state index >= 15 is 0 Å². The Morgan fingerprint density at radius 1 is 1.24 bits per heavy atom. The molecule has 8 nitrogen and oxygen atoms in total. The predicted molar refractivity (Wildman–Crippen MR) is 123 cm³/mol. The molecule has 3 aliphatic rings. The molecule has 0 aromatic carbocycles. The Balaban J connectivity index is 1.30. The Morgan fingerprint density at radius 2 is 2.03 bits per heavy atom. The van der Waals surface area contributed by atoms with E-state index in [2.05, 4.69) is 26.9 Å². The molecular weight excluding hydrogens is 428 g/mol. The molecule has 0 N–H and O–H groups in total. The molecule has 180 valence electrons. The fraction of sp³-hybridized carbons (Fsp3) is 0.696. The van der Waals surface area contributed by atoms with Crippen LogP contribution in [0.3, 0.4) is 0 Å². The lowest BCUT2D eigenvalue weighted by Gasteiger charge is -2.44. The number of fused-ring (bicyclic) bond motifs is 1. The molecule has 0 saturated carbocycles. The third-order valence-electron chi connectivity index (χ3n) is 7.32. The molecule has 3 saturated heterocycles. The first-order chi connectivity index (χ1) is 15.7. The van der Waals surface area contributed by atoms with Crippen molar-refractivity contribution in [2.24, 2.45) is 4.99 Å². The number of nitrogens with zero attached hydrogens (tertiary/aromatic N) is 7. The van der Waals surface area contributed by atoms with E-state index in [1.165, 1.54) is 6.33 Å². The van der Waals surface area contributed by atoms with Crippen molar-refractivity contribution >= 4 is 23.2 Å². The summed E-state index contributed by atoms with van der Waals surface area (Å²) in [6.45, 7) is 2.14. The summed E-state index contributed by atoms with van der Waals surface area (Å²) in [6, 6.07) is 1.96. The van der Waals surface area contributed by atoms with Crippen LogP contribution in [0.15, 0.2) is 23.6 Å². The van der Waals surface area contributed by atoms with Gasteiger partial charge in [-0.3, -0.25) is 4.90 Å². The summed E-state index contributed by atoms with van der Waals surface area (Å²) >= 11 is 0. The van der Waals surface area contributed by atoms with Crippen molar-refractivity contribution in [1.29, 1.82) is 0 Å². The Labute approximate surface area is 193 Å². The normalized spacial score (nSPS) is 27.9. The molecule has 2 unspecified atom stereocenters. The van der Waals surface area contributed by atoms with E-state index in [9.17, 15) is 8.78 Å². The second-order valence-corrected chi connectivity index (χ2v) is 10.1. The average Bonchev–Trinajstić information content (AvgIpc) is 3.45. The molecule has 0 aliphatic carbocycles. The lowest BCUT2D eigenvalue weighted by molar-refractivity contribution is -0.0343. The number of hydrogen-bond acceptors (Lipinski definition) is 6. The van der Waals surface area contributed by atoms with E-state index in [1.807, 2.05) is 40.7 Å². The highest BCUT2D eigenvalue weighted by molar-refractivity contribution is 5.87. The Bertz CT molecular complexity index is 1020. The highest BCUT2D eigenvalue weighted by atomic mass is 19.3. The Kier molecular flexibility index (Phi) is 5.86. The number of aromatic nitrogens is 3. The monoisotopic (exact) mass is 461 g/mol. The number of halogens is 2. The maximum absolute atomic E-state index is 14.5. The van der Waals surface area contributed by atoms with Gasteiger partial charge in [0, 0.05) is 38.8 Å². The number of ether oxygens (including phenoxy) is 1. The molecule has 0 amide bonds. The Hall–Kier alpha value is -2.17. The van der Waals surface area contributed by atoms with Crippen LogP contribution in [0, 0.1) is 0 Å². The molecule has 5 heterocycles. The van der Waals surface area contributed by atoms with E-state index in [4.69, 9.17) is 4.74 Å². The number of hydrogen-bond donors (Lipinski definition) is 0. The minimum atomic E-state index is -2.62. The van der Waals surface area contributed by atoms with Crippen molar-refractivity contribution in [3.05, 3.63) is 18.6 Å². The number of piperidine rings is 1. The topological polar surface area (TPSA) is 62.0 Å². The van der Waals surface area contributed by atoms with Crippen LogP contribution in [0.25, 0.3) is 11.0 Å². The quantitative estimate of drug-likeness (QED) is 0.504. The molecule has 2 aromatic heterocycles. The van der Waals surface area contributed by atoms with Crippen LogP contribution in [0.1, 0.15) is 38.3 Å². The van der Waals surface area contributed by atoms with Crippen molar-refractivity contribution in [2.45, 2.75) is 55.9 Å². The van der Waals surface area contributed by atoms with Gasteiger partial charge in [0.1, 0.15) is 18.2 Å². The van der Waals surface area contributed by atoms with Gasteiger partial charge in [-0.15, -0.1) is 0 Å². The fourth-order valence-corrected chi connectivity index (χ4v) is 5.62. The number of likely N-dealkylation sites (tertiary alicyclic amines) is 2. The molecule has 5 rings (SSSR count). The van der Waals surface area contributed by atoms with Gasteiger partial charge < -0.3 is 19.1 Å². The summed E-state index contributed by atoms with van der Waals surface area (Å²) in [7, 11) is 5.88. The first-order valence-electron chi connectivity index (χ1n) is 11.7. The van der Waals surface area contributed by atoms with Crippen LogP contribution < -0.4 is 0 Å². The number of alkyl halides is 2. The highest BCUT2D eigenvalue weighted by Gasteiger charge is 2.55. The van der Waals surface area contributed by atoms with Gasteiger partial charge >= 0.3 is 0 Å². The summed E-state index contributed by atoms with van der Waals surface area (Å²) in [6.07, 6.45) is 8.21. The van der Waals surface area contributed by atoms with Crippen molar-refractivity contribution in [1.82, 2.24) is 29.2 Å². The first-order valence-corrected chi connectivity index (χ1v) is 11.7. The molecule has 2 atom stereocenters. The molecule has 0 bridgehead atoms. The molecule has 10 heteroatoms. The van der Waals surface area contributed by atoms with Gasteiger partial charge in [-0.25, -0.2) is 23.7 Å². The van der Waals surface area contributed by atoms with Crippen molar-refractivity contribution < 1.29 is 13.5 Å². The summed E-state index contributed by atoms with van der Waals surface area (Å²) in [5.74, 6) is -2.00.